The number of nitrogens with one attached hydrogen (secondary N) is 1. The second kappa shape index (κ2) is 6.99. The molecular formula is C15H7Cl4N3O2. The van der Waals surface area contributed by atoms with Gasteiger partial charge in [-0.1, -0.05) is 51.5 Å². The Labute approximate surface area is 156 Å². The zero-order valence-corrected chi connectivity index (χ0v) is 14.7. The molecule has 0 spiro atoms. The van der Waals surface area contributed by atoms with Gasteiger partial charge in [0.05, 0.1) is 21.2 Å². The first-order valence-corrected chi connectivity index (χ1v) is 8.00. The summed E-state index contributed by atoms with van der Waals surface area (Å²) in [5, 5.41) is 11.5. The van der Waals surface area contributed by atoms with Gasteiger partial charge in [0, 0.05) is 10.0 Å². The van der Waals surface area contributed by atoms with Crippen LogP contribution in [0.3, 0.4) is 0 Å². The van der Waals surface area contributed by atoms with Crippen LogP contribution in [0.5, 0.6) is 0 Å². The van der Waals surface area contributed by atoms with E-state index in [-0.39, 0.29) is 22.5 Å². The number of aromatic nitrogens is 2. The van der Waals surface area contributed by atoms with E-state index in [9.17, 15) is 4.79 Å². The van der Waals surface area contributed by atoms with Gasteiger partial charge in [0.25, 0.3) is 11.8 Å². The zero-order chi connectivity index (χ0) is 17.3. The van der Waals surface area contributed by atoms with E-state index in [2.05, 4.69) is 15.5 Å². The number of nitrogens with zero attached hydrogens (tertiary/aromatic N) is 2. The van der Waals surface area contributed by atoms with Gasteiger partial charge in [-0.3, -0.25) is 10.1 Å². The Balaban J connectivity index is 1.83. The fourth-order valence-corrected chi connectivity index (χ4v) is 2.75. The van der Waals surface area contributed by atoms with Crippen molar-refractivity contribution in [2.75, 3.05) is 5.32 Å². The van der Waals surface area contributed by atoms with E-state index >= 15 is 0 Å². The number of hydrogen-bond donors (Lipinski definition) is 1. The largest absolute Gasteiger partial charge is 0.403 e. The molecule has 0 aliphatic rings. The second-order valence-corrected chi connectivity index (χ2v) is 6.30. The van der Waals surface area contributed by atoms with Gasteiger partial charge >= 0.3 is 6.01 Å². The molecule has 0 radical (unpaired) electrons. The maximum Gasteiger partial charge on any atom is 0.322 e. The van der Waals surface area contributed by atoms with Crippen molar-refractivity contribution >= 4 is 58.3 Å². The van der Waals surface area contributed by atoms with Gasteiger partial charge < -0.3 is 4.42 Å². The van der Waals surface area contributed by atoms with Crippen molar-refractivity contribution < 1.29 is 9.21 Å². The van der Waals surface area contributed by atoms with Crippen LogP contribution < -0.4 is 5.32 Å². The maximum atomic E-state index is 12.2. The normalized spacial score (nSPS) is 10.7. The van der Waals surface area contributed by atoms with Crippen molar-refractivity contribution in [3.63, 3.8) is 0 Å². The summed E-state index contributed by atoms with van der Waals surface area (Å²) in [4.78, 5) is 12.2. The van der Waals surface area contributed by atoms with Crippen LogP contribution in [0, 0.1) is 0 Å². The number of amides is 1. The highest BCUT2D eigenvalue weighted by atomic mass is 35.5. The van der Waals surface area contributed by atoms with Crippen LogP contribution in [0.15, 0.2) is 40.8 Å². The quantitative estimate of drug-likeness (QED) is 0.618. The number of hydrogen-bond acceptors (Lipinski definition) is 4. The second-order valence-electron chi connectivity index (χ2n) is 4.61. The number of carbonyl (C=O) groups excluding carboxylic acids is 1. The minimum atomic E-state index is -0.510. The van der Waals surface area contributed by atoms with Gasteiger partial charge in [0.1, 0.15) is 0 Å². The molecule has 1 N–H and O–H groups in total. The third kappa shape index (κ3) is 3.65. The molecule has 0 fully saturated rings. The highest BCUT2D eigenvalue weighted by Gasteiger charge is 2.16. The molecule has 0 saturated heterocycles. The molecule has 0 saturated carbocycles. The summed E-state index contributed by atoms with van der Waals surface area (Å²) in [5.74, 6) is -0.385. The molecule has 9 heteroatoms. The first-order chi connectivity index (χ1) is 11.4. The van der Waals surface area contributed by atoms with Gasteiger partial charge in [-0.05, 0) is 36.4 Å². The molecule has 0 unspecified atom stereocenters. The third-order valence-electron chi connectivity index (χ3n) is 2.98. The highest BCUT2D eigenvalue weighted by Crippen LogP contribution is 2.30. The summed E-state index contributed by atoms with van der Waals surface area (Å²) in [6.45, 7) is 0. The molecule has 1 heterocycles. The fourth-order valence-electron chi connectivity index (χ4n) is 1.88. The predicted octanol–water partition coefficient (Wildman–Crippen LogP) is 5.60. The number of anilines is 1. The Hall–Kier alpha value is -1.79. The topological polar surface area (TPSA) is 68.0 Å². The van der Waals surface area contributed by atoms with Crippen LogP contribution >= 0.6 is 46.4 Å². The van der Waals surface area contributed by atoms with Crippen LogP contribution in [0.25, 0.3) is 11.5 Å². The molecule has 0 aliphatic carbocycles. The molecule has 0 atom stereocenters. The molecule has 0 bridgehead atoms. The third-order valence-corrected chi connectivity index (χ3v) is 4.09. The van der Waals surface area contributed by atoms with Crippen LogP contribution in [0.4, 0.5) is 6.01 Å². The molecule has 24 heavy (non-hydrogen) atoms. The lowest BCUT2D eigenvalue weighted by Gasteiger charge is -2.03. The lowest BCUT2D eigenvalue weighted by Crippen LogP contribution is -2.12. The number of benzene rings is 2. The Kier molecular flexibility index (Phi) is 4.96. The highest BCUT2D eigenvalue weighted by molar-refractivity contribution is 6.37. The molecule has 3 aromatic rings. The fraction of sp³-hybridized carbons (Fsp3) is 0. The summed E-state index contributed by atoms with van der Waals surface area (Å²) in [7, 11) is 0. The smallest absolute Gasteiger partial charge is 0.322 e. The molecule has 122 valence electrons. The summed E-state index contributed by atoms with van der Waals surface area (Å²) in [5.41, 5.74) is 0.684. The number of halogens is 4. The Morgan fingerprint density at radius 3 is 2.38 bits per heavy atom. The molecule has 5 nitrogen and oxygen atoms in total. The van der Waals surface area contributed by atoms with E-state index in [1.807, 2.05) is 0 Å². The van der Waals surface area contributed by atoms with E-state index in [1.54, 1.807) is 24.3 Å². The molecule has 3 rings (SSSR count). The Bertz CT molecular complexity index is 927. The molecule has 0 aliphatic heterocycles. The van der Waals surface area contributed by atoms with E-state index in [4.69, 9.17) is 50.8 Å². The monoisotopic (exact) mass is 401 g/mol. The summed E-state index contributed by atoms with van der Waals surface area (Å²) < 4.78 is 5.39. The SMILES string of the molecule is O=C(Nc1nnc(-c2cc(Cl)ccc2Cl)o1)c1ccc(Cl)cc1Cl. The van der Waals surface area contributed by atoms with Crippen molar-refractivity contribution in [3.8, 4) is 11.5 Å². The van der Waals surface area contributed by atoms with Crippen molar-refractivity contribution in [1.29, 1.82) is 0 Å². The van der Waals surface area contributed by atoms with Crippen molar-refractivity contribution in [2.24, 2.45) is 0 Å². The minimum Gasteiger partial charge on any atom is -0.403 e. The minimum absolute atomic E-state index is 0.0999. The van der Waals surface area contributed by atoms with Crippen LogP contribution in [-0.4, -0.2) is 16.1 Å². The van der Waals surface area contributed by atoms with Crippen molar-refractivity contribution in [3.05, 3.63) is 62.1 Å². The first kappa shape index (κ1) is 17.0. The van der Waals surface area contributed by atoms with Crippen LogP contribution in [0.2, 0.25) is 20.1 Å². The zero-order valence-electron chi connectivity index (χ0n) is 11.7. The van der Waals surface area contributed by atoms with E-state index in [0.29, 0.717) is 20.6 Å². The molecule has 1 aromatic heterocycles. The van der Waals surface area contributed by atoms with Gasteiger partial charge in [-0.25, -0.2) is 0 Å². The van der Waals surface area contributed by atoms with Gasteiger partial charge in [0.15, 0.2) is 0 Å². The summed E-state index contributed by atoms with van der Waals surface area (Å²) >= 11 is 23.8. The van der Waals surface area contributed by atoms with Crippen LogP contribution in [0.1, 0.15) is 10.4 Å². The Morgan fingerprint density at radius 1 is 0.917 bits per heavy atom. The summed E-state index contributed by atoms with van der Waals surface area (Å²) in [6.07, 6.45) is 0. The molecular weight excluding hydrogens is 396 g/mol. The average Bonchev–Trinajstić information content (AvgIpc) is 2.97. The van der Waals surface area contributed by atoms with Crippen LogP contribution in [-0.2, 0) is 0 Å². The van der Waals surface area contributed by atoms with E-state index in [0.717, 1.165) is 0 Å². The number of carbonyl (C=O) groups is 1. The molecule has 1 amide bonds. The predicted molar refractivity (Wildman–Crippen MR) is 94.2 cm³/mol. The average molecular weight is 403 g/mol. The lowest BCUT2D eigenvalue weighted by molar-refractivity contribution is 0.102. The van der Waals surface area contributed by atoms with Gasteiger partial charge in [0.2, 0.25) is 0 Å². The molecule has 2 aromatic carbocycles. The summed E-state index contributed by atoms with van der Waals surface area (Å²) in [6, 6.07) is 9.22. The maximum absolute atomic E-state index is 12.2. The van der Waals surface area contributed by atoms with Gasteiger partial charge in [-0.15, -0.1) is 5.10 Å². The first-order valence-electron chi connectivity index (χ1n) is 6.49. The van der Waals surface area contributed by atoms with E-state index in [1.165, 1.54) is 12.1 Å². The van der Waals surface area contributed by atoms with Crippen molar-refractivity contribution in [2.45, 2.75) is 0 Å². The standard InChI is InChI=1S/C15H7Cl4N3O2/c16-7-2-4-11(18)10(5-7)14-21-22-15(24-14)20-13(23)9-3-1-8(17)6-12(9)19/h1-6H,(H,20,22,23). The van der Waals surface area contributed by atoms with E-state index < -0.39 is 5.91 Å². The van der Waals surface area contributed by atoms with Gasteiger partial charge in [-0.2, -0.15) is 0 Å². The van der Waals surface area contributed by atoms with Crippen molar-refractivity contribution in [1.82, 2.24) is 10.2 Å². The lowest BCUT2D eigenvalue weighted by atomic mass is 10.2. The number of rotatable bonds is 3. The Morgan fingerprint density at radius 2 is 1.62 bits per heavy atom.